The summed E-state index contributed by atoms with van der Waals surface area (Å²) in [6, 6.07) is 1.96. The van der Waals surface area contributed by atoms with Crippen LogP contribution in [0, 0.1) is 24.7 Å². The molecule has 4 heteroatoms. The molecule has 4 atom stereocenters. The number of anilines is 1. The van der Waals surface area contributed by atoms with Crippen LogP contribution in [0.25, 0.3) is 0 Å². The number of aromatic amines is 1. The molecule has 4 unspecified atom stereocenters. The van der Waals surface area contributed by atoms with Crippen molar-refractivity contribution in [3.63, 3.8) is 0 Å². The van der Waals surface area contributed by atoms with Gasteiger partial charge < -0.3 is 10.3 Å². The number of aryl methyl sites for hydroxylation is 1. The van der Waals surface area contributed by atoms with Gasteiger partial charge in [-0.25, -0.2) is 4.98 Å². The average molecular weight is 247 g/mol. The fraction of sp³-hybridized carbons (Fsp3) is 0.714. The molecule has 0 amide bonds. The van der Waals surface area contributed by atoms with Crippen LogP contribution >= 0.6 is 0 Å². The van der Waals surface area contributed by atoms with Crippen LogP contribution in [0.3, 0.4) is 0 Å². The minimum absolute atomic E-state index is 0.0786. The molecule has 0 radical (unpaired) electrons. The van der Waals surface area contributed by atoms with Crippen molar-refractivity contribution < 1.29 is 0 Å². The molecule has 4 nitrogen and oxygen atoms in total. The Morgan fingerprint density at radius 2 is 2.28 bits per heavy atom. The van der Waals surface area contributed by atoms with E-state index >= 15 is 0 Å². The Hall–Kier alpha value is -1.32. The van der Waals surface area contributed by atoms with E-state index in [2.05, 4.69) is 22.2 Å². The van der Waals surface area contributed by atoms with E-state index in [1.165, 1.54) is 25.7 Å². The third kappa shape index (κ3) is 2.16. The van der Waals surface area contributed by atoms with Crippen LogP contribution < -0.4 is 10.9 Å². The second-order valence-electron chi connectivity index (χ2n) is 5.99. The molecule has 0 saturated heterocycles. The lowest BCUT2D eigenvalue weighted by atomic mass is 9.84. The van der Waals surface area contributed by atoms with Crippen molar-refractivity contribution in [1.82, 2.24) is 9.97 Å². The normalized spacial score (nSPS) is 31.6. The van der Waals surface area contributed by atoms with Crippen LogP contribution in [0.1, 0.15) is 38.4 Å². The Morgan fingerprint density at radius 3 is 2.89 bits per heavy atom. The van der Waals surface area contributed by atoms with E-state index in [0.717, 1.165) is 17.8 Å². The summed E-state index contributed by atoms with van der Waals surface area (Å²) in [5, 5.41) is 3.42. The van der Waals surface area contributed by atoms with E-state index in [1.54, 1.807) is 6.07 Å². The lowest BCUT2D eigenvalue weighted by Crippen LogP contribution is -2.30. The quantitative estimate of drug-likeness (QED) is 0.861. The van der Waals surface area contributed by atoms with Crippen molar-refractivity contribution in [2.75, 3.05) is 5.32 Å². The fourth-order valence-corrected chi connectivity index (χ4v) is 3.90. The standard InChI is InChI=1S/C14H21N3O/c1-8(12-6-10-3-4-11(12)5-10)15-13-7-14(18)17-9(2)16-13/h7-8,10-12H,3-6H2,1-2H3,(H2,15,16,17,18). The van der Waals surface area contributed by atoms with Crippen LogP contribution in [-0.4, -0.2) is 16.0 Å². The molecule has 18 heavy (non-hydrogen) atoms. The highest BCUT2D eigenvalue weighted by Crippen LogP contribution is 2.49. The van der Waals surface area contributed by atoms with Crippen molar-refractivity contribution in [2.24, 2.45) is 17.8 Å². The molecule has 2 saturated carbocycles. The highest BCUT2D eigenvalue weighted by Gasteiger charge is 2.41. The summed E-state index contributed by atoms with van der Waals surface area (Å²) in [4.78, 5) is 18.4. The number of rotatable bonds is 3. The van der Waals surface area contributed by atoms with E-state index in [-0.39, 0.29) is 5.56 Å². The highest BCUT2D eigenvalue weighted by atomic mass is 16.1. The monoisotopic (exact) mass is 247 g/mol. The number of nitrogens with zero attached hydrogens (tertiary/aromatic N) is 1. The van der Waals surface area contributed by atoms with E-state index in [9.17, 15) is 4.79 Å². The van der Waals surface area contributed by atoms with Crippen LogP contribution in [0.4, 0.5) is 5.82 Å². The molecule has 2 aliphatic rings. The minimum Gasteiger partial charge on any atom is -0.367 e. The zero-order chi connectivity index (χ0) is 12.7. The van der Waals surface area contributed by atoms with Gasteiger partial charge in [0.15, 0.2) is 0 Å². The summed E-state index contributed by atoms with van der Waals surface area (Å²) in [6.45, 7) is 4.04. The molecule has 1 aromatic rings. The lowest BCUT2D eigenvalue weighted by molar-refractivity contribution is 0.304. The first-order chi connectivity index (χ1) is 8.61. The molecule has 2 fully saturated rings. The highest BCUT2D eigenvalue weighted by molar-refractivity contribution is 5.34. The number of hydrogen-bond acceptors (Lipinski definition) is 3. The molecular weight excluding hydrogens is 226 g/mol. The van der Waals surface area contributed by atoms with E-state index in [4.69, 9.17) is 0 Å². The maximum atomic E-state index is 11.4. The first kappa shape index (κ1) is 11.8. The maximum absolute atomic E-state index is 11.4. The summed E-state index contributed by atoms with van der Waals surface area (Å²) in [7, 11) is 0. The van der Waals surface area contributed by atoms with Crippen LogP contribution in [0.15, 0.2) is 10.9 Å². The molecule has 0 aliphatic heterocycles. The van der Waals surface area contributed by atoms with Crippen molar-refractivity contribution in [3.05, 3.63) is 22.2 Å². The lowest BCUT2D eigenvalue weighted by Gasteiger charge is -2.28. The van der Waals surface area contributed by atoms with Crippen molar-refractivity contribution in [2.45, 2.75) is 45.6 Å². The van der Waals surface area contributed by atoms with Gasteiger partial charge in [-0.1, -0.05) is 6.42 Å². The molecule has 1 aromatic heterocycles. The molecule has 2 bridgehead atoms. The van der Waals surface area contributed by atoms with Gasteiger partial charge in [-0.3, -0.25) is 4.79 Å². The van der Waals surface area contributed by atoms with Gasteiger partial charge in [0, 0.05) is 12.1 Å². The van der Waals surface area contributed by atoms with Gasteiger partial charge in [-0.2, -0.15) is 0 Å². The smallest absolute Gasteiger partial charge is 0.252 e. The minimum atomic E-state index is -0.0786. The van der Waals surface area contributed by atoms with Crippen molar-refractivity contribution in [1.29, 1.82) is 0 Å². The molecule has 2 N–H and O–H groups in total. The average Bonchev–Trinajstić information content (AvgIpc) is 2.88. The first-order valence-corrected chi connectivity index (χ1v) is 6.96. The van der Waals surface area contributed by atoms with Crippen LogP contribution in [0.5, 0.6) is 0 Å². The van der Waals surface area contributed by atoms with E-state index in [0.29, 0.717) is 17.7 Å². The van der Waals surface area contributed by atoms with Gasteiger partial charge in [0.2, 0.25) is 0 Å². The topological polar surface area (TPSA) is 57.8 Å². The van der Waals surface area contributed by atoms with Gasteiger partial charge in [0.05, 0.1) is 0 Å². The summed E-state index contributed by atoms with van der Waals surface area (Å²) < 4.78 is 0. The third-order valence-electron chi connectivity index (χ3n) is 4.67. The van der Waals surface area contributed by atoms with Crippen LogP contribution in [0.2, 0.25) is 0 Å². The summed E-state index contributed by atoms with van der Waals surface area (Å²) in [5.74, 6) is 3.99. The Kier molecular flexibility index (Phi) is 2.88. The molecule has 1 heterocycles. The summed E-state index contributed by atoms with van der Waals surface area (Å²) in [6.07, 6.45) is 5.58. The van der Waals surface area contributed by atoms with Gasteiger partial charge in [-0.05, 0) is 50.9 Å². The van der Waals surface area contributed by atoms with Crippen molar-refractivity contribution in [3.8, 4) is 0 Å². The second kappa shape index (κ2) is 4.41. The molecule has 0 spiro atoms. The number of hydrogen-bond donors (Lipinski definition) is 2. The number of nitrogens with one attached hydrogen (secondary N) is 2. The molecule has 0 aromatic carbocycles. The van der Waals surface area contributed by atoms with E-state index < -0.39 is 0 Å². The summed E-state index contributed by atoms with van der Waals surface area (Å²) in [5.41, 5.74) is -0.0786. The van der Waals surface area contributed by atoms with Crippen LogP contribution in [-0.2, 0) is 0 Å². The number of fused-ring (bicyclic) bond motifs is 2. The Bertz CT molecular complexity index is 496. The molecular formula is C14H21N3O. The maximum Gasteiger partial charge on any atom is 0.252 e. The first-order valence-electron chi connectivity index (χ1n) is 6.96. The summed E-state index contributed by atoms with van der Waals surface area (Å²) >= 11 is 0. The zero-order valence-electron chi connectivity index (χ0n) is 11.1. The number of aromatic nitrogens is 2. The Morgan fingerprint density at radius 1 is 1.44 bits per heavy atom. The number of H-pyrrole nitrogens is 1. The predicted octanol–water partition coefficient (Wildman–Crippen LogP) is 2.31. The Balaban J connectivity index is 1.70. The Labute approximate surface area is 107 Å². The fourth-order valence-electron chi connectivity index (χ4n) is 3.90. The molecule has 2 aliphatic carbocycles. The van der Waals surface area contributed by atoms with Gasteiger partial charge in [-0.15, -0.1) is 0 Å². The molecule has 3 rings (SSSR count). The second-order valence-corrected chi connectivity index (χ2v) is 5.99. The van der Waals surface area contributed by atoms with E-state index in [1.807, 2.05) is 6.92 Å². The SMILES string of the molecule is Cc1nc(NC(C)C2CC3CCC2C3)cc(=O)[nH]1. The molecule has 98 valence electrons. The third-order valence-corrected chi connectivity index (χ3v) is 4.67. The largest absolute Gasteiger partial charge is 0.367 e. The zero-order valence-corrected chi connectivity index (χ0v) is 11.1. The van der Waals surface area contributed by atoms with Gasteiger partial charge in [0.25, 0.3) is 5.56 Å². The van der Waals surface area contributed by atoms with Gasteiger partial charge in [0.1, 0.15) is 11.6 Å². The van der Waals surface area contributed by atoms with Crippen molar-refractivity contribution >= 4 is 5.82 Å². The van der Waals surface area contributed by atoms with Gasteiger partial charge >= 0.3 is 0 Å². The predicted molar refractivity (Wildman–Crippen MR) is 71.6 cm³/mol.